The van der Waals surface area contributed by atoms with Crippen molar-refractivity contribution in [3.63, 3.8) is 0 Å². The number of aliphatic imine (C=N–C) groups is 1. The lowest BCUT2D eigenvalue weighted by Crippen LogP contribution is -2.42. The number of carbonyl (C=O) groups is 2. The second kappa shape index (κ2) is 42.2. The van der Waals surface area contributed by atoms with Gasteiger partial charge in [0.05, 0.1) is 6.04 Å². The van der Waals surface area contributed by atoms with E-state index in [0.717, 1.165) is 71.1 Å². The van der Waals surface area contributed by atoms with Crippen LogP contribution in [0.25, 0.3) is 0 Å². The van der Waals surface area contributed by atoms with E-state index in [9.17, 15) is 9.59 Å². The van der Waals surface area contributed by atoms with Gasteiger partial charge in [-0.15, -0.1) is 0 Å². The van der Waals surface area contributed by atoms with Crippen LogP contribution in [0.3, 0.4) is 0 Å². The van der Waals surface area contributed by atoms with Crippen LogP contribution in [-0.2, 0) is 14.3 Å². The molecule has 11 nitrogen and oxygen atoms in total. The van der Waals surface area contributed by atoms with E-state index in [-0.39, 0.29) is 49.8 Å². The molecule has 0 spiro atoms. The van der Waals surface area contributed by atoms with Crippen LogP contribution < -0.4 is 37.6 Å². The van der Waals surface area contributed by atoms with Crippen LogP contribution in [0.15, 0.2) is 4.99 Å². The lowest BCUT2D eigenvalue weighted by molar-refractivity contribution is -0.138. The fraction of sp³-hybridized carbons (Fsp3) is 0.897. The van der Waals surface area contributed by atoms with Gasteiger partial charge in [-0.25, -0.2) is 9.79 Å². The molecule has 0 radical (unpaired) electrons. The van der Waals surface area contributed by atoms with Gasteiger partial charge in [0.2, 0.25) is 5.91 Å². The van der Waals surface area contributed by atoms with E-state index in [4.69, 9.17) is 10.5 Å². The van der Waals surface area contributed by atoms with Gasteiger partial charge < -0.3 is 42.4 Å². The van der Waals surface area contributed by atoms with E-state index >= 15 is 0 Å². The molecule has 256 valence electrons. The molecule has 0 rings (SSSR count). The van der Waals surface area contributed by atoms with Crippen LogP contribution in [-0.4, -0.2) is 98.4 Å². The molecule has 0 aromatic carbocycles. The number of hydrogen-bond acceptors (Lipinski definition) is 9. The summed E-state index contributed by atoms with van der Waals surface area (Å²) in [4.78, 5) is 27.4. The predicted octanol–water partition coefficient (Wildman–Crippen LogP) is 2.23. The van der Waals surface area contributed by atoms with Crippen LogP contribution in [0.2, 0.25) is 0 Å². The third-order valence-electron chi connectivity index (χ3n) is 6.14. The molecule has 0 heterocycles. The van der Waals surface area contributed by atoms with Crippen LogP contribution in [0.5, 0.6) is 0 Å². The Labute approximate surface area is 265 Å². The number of ether oxygens (including phenoxy) is 1. The fourth-order valence-corrected chi connectivity index (χ4v) is 3.57. The van der Waals surface area contributed by atoms with Gasteiger partial charge in [-0.1, -0.05) is 52.4 Å². The van der Waals surface area contributed by atoms with Crippen molar-refractivity contribution in [3.05, 3.63) is 0 Å². The van der Waals surface area contributed by atoms with Crippen molar-refractivity contribution >= 4 is 37.7 Å². The van der Waals surface area contributed by atoms with E-state index in [2.05, 4.69) is 50.7 Å². The van der Waals surface area contributed by atoms with Crippen LogP contribution in [0.4, 0.5) is 0 Å². The van der Waals surface area contributed by atoms with Gasteiger partial charge in [-0.3, -0.25) is 4.79 Å². The molecule has 42 heavy (non-hydrogen) atoms. The zero-order valence-corrected chi connectivity index (χ0v) is 31.5. The summed E-state index contributed by atoms with van der Waals surface area (Å²) in [5.41, 5.74) is 5.21. The zero-order chi connectivity index (χ0) is 30.9. The zero-order valence-electron chi connectivity index (χ0n) is 28.6. The van der Waals surface area contributed by atoms with Gasteiger partial charge in [0, 0.05) is 20.6 Å². The monoisotopic (exact) mass is 643 g/mol. The highest BCUT2D eigenvalue weighted by molar-refractivity contribution is 6.92. The Bertz CT molecular complexity index is 587. The summed E-state index contributed by atoms with van der Waals surface area (Å²) in [5, 5.41) is 17.9. The fourth-order valence-electron chi connectivity index (χ4n) is 3.57. The van der Waals surface area contributed by atoms with E-state index in [1.54, 1.807) is 21.1 Å². The maximum absolute atomic E-state index is 11.8. The minimum absolute atomic E-state index is 0. The molecule has 0 saturated heterocycles. The highest BCUT2D eigenvalue weighted by atomic mass is 31.0. The highest BCUT2D eigenvalue weighted by Gasteiger charge is 2.19. The third-order valence-corrected chi connectivity index (χ3v) is 6.14. The number of amides is 1. The largest absolute Gasteiger partial charge is 0.392 e. The number of rotatable bonds is 21. The number of nitrogens with two attached hydrogens (primary N) is 1. The first kappa shape index (κ1) is 50.7. The number of esters is 1. The molecule has 4 atom stereocenters. The van der Waals surface area contributed by atoms with Crippen molar-refractivity contribution in [1.29, 1.82) is 0 Å². The summed E-state index contributed by atoms with van der Waals surface area (Å²) >= 11 is 0. The average Bonchev–Trinajstić information content (AvgIpc) is 2.97. The molecule has 0 aliphatic carbocycles. The lowest BCUT2D eigenvalue weighted by atomic mass is 10.1. The average molecular weight is 643 g/mol. The van der Waals surface area contributed by atoms with E-state index < -0.39 is 0 Å². The first-order chi connectivity index (χ1) is 19.4. The Morgan fingerprint density at radius 1 is 0.714 bits per heavy atom. The standard InChI is InChI=1S/C13H29N3O.C11H24N4O2.C5H13N.2H3P/c1-4-5-7-11-16-13(17)12(15-3)9-6-8-10-14-2;1-12-8-6-5-7-9(13-2)10(16)17-11(14-3)15-4;1-2-3-4-5-6;;/h12,14-15H,4-11H2,1-3H3,(H,16,17);9,12-13H,5-8H2,1-4H3,(H,14,15);2-6H2,1H3;2*1H3. The Balaban J connectivity index is -0.000000175. The number of nitrogens with one attached hydrogen (secondary N) is 6. The van der Waals surface area contributed by atoms with Crippen LogP contribution in [0.1, 0.15) is 90.9 Å². The second-order valence-corrected chi connectivity index (χ2v) is 9.57. The summed E-state index contributed by atoms with van der Waals surface area (Å²) in [6.45, 7) is 7.99. The number of unbranched alkanes of at least 4 members (excludes halogenated alkanes) is 6. The maximum atomic E-state index is 11.8. The topological polar surface area (TPSA) is 154 Å². The minimum Gasteiger partial charge on any atom is -0.392 e. The molecule has 8 N–H and O–H groups in total. The molecule has 0 aromatic heterocycles. The summed E-state index contributed by atoms with van der Waals surface area (Å²) in [7, 11) is 10.7. The summed E-state index contributed by atoms with van der Waals surface area (Å²) < 4.78 is 5.08. The Morgan fingerprint density at radius 3 is 1.57 bits per heavy atom. The van der Waals surface area contributed by atoms with Crippen LogP contribution >= 0.6 is 19.8 Å². The van der Waals surface area contributed by atoms with Gasteiger partial charge in [-0.2, -0.15) is 19.8 Å². The number of carbonyl (C=O) groups excluding carboxylic acids is 2. The van der Waals surface area contributed by atoms with Crippen LogP contribution in [0, 0.1) is 0 Å². The van der Waals surface area contributed by atoms with Crippen molar-refractivity contribution in [1.82, 2.24) is 31.9 Å². The van der Waals surface area contributed by atoms with E-state index in [1.807, 2.05) is 21.1 Å². The quantitative estimate of drug-likeness (QED) is 0.0329. The van der Waals surface area contributed by atoms with Gasteiger partial charge in [-0.05, 0) is 86.3 Å². The van der Waals surface area contributed by atoms with E-state index in [0.29, 0.717) is 0 Å². The normalized spacial score (nSPS) is 11.7. The van der Waals surface area contributed by atoms with Gasteiger partial charge in [0.1, 0.15) is 6.04 Å². The second-order valence-electron chi connectivity index (χ2n) is 9.57. The van der Waals surface area contributed by atoms with Crippen molar-refractivity contribution in [2.75, 3.05) is 68.5 Å². The molecule has 0 aliphatic heterocycles. The highest BCUT2D eigenvalue weighted by Crippen LogP contribution is 2.03. The number of likely N-dealkylation sites (N-methyl/N-ethyl adjacent to an activating group) is 2. The molecule has 0 bridgehead atoms. The third kappa shape index (κ3) is 35.3. The summed E-state index contributed by atoms with van der Waals surface area (Å²) in [5.74, 6) is -0.153. The number of hydrogen-bond donors (Lipinski definition) is 7. The Hall–Kier alpha value is -0.930. The number of nitrogens with zero attached hydrogens (tertiary/aromatic N) is 1. The lowest BCUT2D eigenvalue weighted by Gasteiger charge is -2.15. The summed E-state index contributed by atoms with van der Waals surface area (Å²) in [6, 6.07) is -0.0732. The maximum Gasteiger partial charge on any atom is 0.330 e. The molecule has 4 unspecified atom stereocenters. The molecule has 13 heteroatoms. The summed E-state index contributed by atoms with van der Waals surface area (Å²) in [6.07, 6.45) is 13.1. The Morgan fingerprint density at radius 2 is 1.19 bits per heavy atom. The predicted molar refractivity (Wildman–Crippen MR) is 193 cm³/mol. The SMILES string of the molecule is CCCCCN.CCCCCNC(=O)C(CCCCNC)NC.CN=C(NC)OC(=O)C(CCCCNC)NC.P.P. The molecular formula is C29H72N8O3P2. The Kier molecular flexibility index (Phi) is 50.9. The molecular weight excluding hydrogens is 570 g/mol. The first-order valence-corrected chi connectivity index (χ1v) is 15.3. The molecule has 0 aromatic rings. The van der Waals surface area contributed by atoms with Gasteiger partial charge in [0.15, 0.2) is 0 Å². The van der Waals surface area contributed by atoms with E-state index in [1.165, 1.54) is 32.1 Å². The smallest absolute Gasteiger partial charge is 0.330 e. The minimum atomic E-state index is -0.299. The van der Waals surface area contributed by atoms with Gasteiger partial charge in [0.25, 0.3) is 6.02 Å². The van der Waals surface area contributed by atoms with Crippen molar-refractivity contribution in [3.8, 4) is 0 Å². The molecule has 1 amide bonds. The van der Waals surface area contributed by atoms with Crippen molar-refractivity contribution < 1.29 is 14.3 Å². The van der Waals surface area contributed by atoms with Crippen molar-refractivity contribution in [2.45, 2.75) is 103 Å². The van der Waals surface area contributed by atoms with Crippen molar-refractivity contribution in [2.24, 2.45) is 10.7 Å². The van der Waals surface area contributed by atoms with Gasteiger partial charge >= 0.3 is 5.97 Å². The molecule has 0 aliphatic rings. The molecule has 0 fully saturated rings. The molecule has 0 saturated carbocycles. The first-order valence-electron chi connectivity index (χ1n) is 15.3. The number of amidine groups is 1.